The van der Waals surface area contributed by atoms with E-state index in [9.17, 15) is 0 Å². The molecule has 1 aromatic rings. The van der Waals surface area contributed by atoms with Crippen LogP contribution in [0.4, 0.5) is 5.13 Å². The van der Waals surface area contributed by atoms with Crippen molar-refractivity contribution in [2.75, 3.05) is 11.4 Å². The van der Waals surface area contributed by atoms with E-state index in [0.29, 0.717) is 6.54 Å². The van der Waals surface area contributed by atoms with Crippen LogP contribution in [0.15, 0.2) is 0 Å². The highest BCUT2D eigenvalue weighted by atomic mass is 32.1. The summed E-state index contributed by atoms with van der Waals surface area (Å²) >= 11 is 1.87. The number of hydrogen-bond donors (Lipinski definition) is 1. The van der Waals surface area contributed by atoms with E-state index >= 15 is 0 Å². The molecule has 3 aliphatic rings. The fourth-order valence-corrected chi connectivity index (χ4v) is 5.10. The lowest BCUT2D eigenvalue weighted by atomic mass is 9.92. The molecule has 2 aliphatic carbocycles. The Hall–Kier alpha value is -0.610. The van der Waals surface area contributed by atoms with E-state index in [2.05, 4.69) is 4.90 Å². The molecule has 0 amide bonds. The molecule has 2 unspecified atom stereocenters. The van der Waals surface area contributed by atoms with Crippen LogP contribution in [-0.2, 0) is 6.54 Å². The molecule has 2 heterocycles. The van der Waals surface area contributed by atoms with E-state index in [1.54, 1.807) is 0 Å². The monoisotopic (exact) mass is 277 g/mol. The van der Waals surface area contributed by atoms with Crippen LogP contribution in [0.2, 0.25) is 0 Å². The van der Waals surface area contributed by atoms with Crippen molar-refractivity contribution in [2.24, 2.45) is 11.7 Å². The van der Waals surface area contributed by atoms with E-state index in [4.69, 9.17) is 10.7 Å². The Labute approximate surface area is 119 Å². The average molecular weight is 277 g/mol. The Bertz CT molecular complexity index is 466. The van der Waals surface area contributed by atoms with Gasteiger partial charge in [0.15, 0.2) is 5.13 Å². The standard InChI is InChI=1S/C15H23N3S/c16-9-13-14(11-6-7-11)17-15(19-13)18-8-2-4-10-3-1-5-12(10)18/h10-12H,1-9,16H2. The third-order valence-electron chi connectivity index (χ3n) is 5.10. The van der Waals surface area contributed by atoms with Gasteiger partial charge in [-0.1, -0.05) is 6.42 Å². The molecule has 0 aromatic carbocycles. The molecule has 4 heteroatoms. The van der Waals surface area contributed by atoms with Crippen molar-refractivity contribution in [1.82, 2.24) is 4.98 Å². The molecule has 3 nitrogen and oxygen atoms in total. The zero-order valence-corrected chi connectivity index (χ0v) is 12.3. The van der Waals surface area contributed by atoms with E-state index in [1.807, 2.05) is 11.3 Å². The van der Waals surface area contributed by atoms with Crippen molar-refractivity contribution in [1.29, 1.82) is 0 Å². The number of rotatable bonds is 3. The predicted octanol–water partition coefficient (Wildman–Crippen LogP) is 3.25. The molecule has 19 heavy (non-hydrogen) atoms. The summed E-state index contributed by atoms with van der Waals surface area (Å²) in [6, 6.07) is 0.776. The van der Waals surface area contributed by atoms with E-state index in [0.717, 1.165) is 17.9 Å². The number of hydrogen-bond acceptors (Lipinski definition) is 4. The number of fused-ring (bicyclic) bond motifs is 1. The Balaban J connectivity index is 1.63. The molecule has 1 aromatic heterocycles. The third kappa shape index (κ3) is 2.09. The summed E-state index contributed by atoms with van der Waals surface area (Å²) in [5.74, 6) is 1.66. The summed E-state index contributed by atoms with van der Waals surface area (Å²) in [5.41, 5.74) is 7.25. The van der Waals surface area contributed by atoms with Crippen LogP contribution in [-0.4, -0.2) is 17.6 Å². The molecular formula is C15H23N3S. The number of nitrogens with two attached hydrogens (primary N) is 1. The van der Waals surface area contributed by atoms with Crippen molar-refractivity contribution in [3.63, 3.8) is 0 Å². The van der Waals surface area contributed by atoms with Crippen molar-refractivity contribution < 1.29 is 0 Å². The summed E-state index contributed by atoms with van der Waals surface area (Å²) in [4.78, 5) is 8.96. The highest BCUT2D eigenvalue weighted by molar-refractivity contribution is 7.15. The SMILES string of the molecule is NCc1sc(N2CCCC3CCCC32)nc1C1CC1. The molecule has 2 saturated carbocycles. The van der Waals surface area contributed by atoms with Gasteiger partial charge in [0.05, 0.1) is 5.69 Å². The quantitative estimate of drug-likeness (QED) is 0.922. The molecule has 2 N–H and O–H groups in total. The van der Waals surface area contributed by atoms with E-state index in [1.165, 1.54) is 67.2 Å². The maximum atomic E-state index is 5.92. The average Bonchev–Trinajstić information content (AvgIpc) is 3.02. The van der Waals surface area contributed by atoms with Gasteiger partial charge in [-0.25, -0.2) is 4.98 Å². The fraction of sp³-hybridized carbons (Fsp3) is 0.800. The van der Waals surface area contributed by atoms with Crippen LogP contribution in [0, 0.1) is 5.92 Å². The summed E-state index contributed by atoms with van der Waals surface area (Å²) in [7, 11) is 0. The topological polar surface area (TPSA) is 42.1 Å². The van der Waals surface area contributed by atoms with Crippen molar-refractivity contribution in [3.05, 3.63) is 10.6 Å². The Kier molecular flexibility index (Phi) is 3.03. The molecule has 3 fully saturated rings. The maximum absolute atomic E-state index is 5.92. The zero-order valence-electron chi connectivity index (χ0n) is 11.5. The van der Waals surface area contributed by atoms with Gasteiger partial charge in [0.2, 0.25) is 0 Å². The maximum Gasteiger partial charge on any atom is 0.186 e. The summed E-state index contributed by atoms with van der Waals surface area (Å²) in [5, 5.41) is 1.28. The number of aromatic nitrogens is 1. The van der Waals surface area contributed by atoms with E-state index < -0.39 is 0 Å². The van der Waals surface area contributed by atoms with Gasteiger partial charge < -0.3 is 10.6 Å². The van der Waals surface area contributed by atoms with Crippen LogP contribution in [0.3, 0.4) is 0 Å². The van der Waals surface area contributed by atoms with Crippen LogP contribution >= 0.6 is 11.3 Å². The molecule has 0 spiro atoms. The first-order valence-electron chi connectivity index (χ1n) is 7.83. The Morgan fingerprint density at radius 3 is 2.79 bits per heavy atom. The second kappa shape index (κ2) is 4.74. The number of thiazole rings is 1. The lowest BCUT2D eigenvalue weighted by molar-refractivity contribution is 0.362. The summed E-state index contributed by atoms with van der Waals surface area (Å²) in [6.45, 7) is 1.88. The molecule has 0 bridgehead atoms. The molecular weight excluding hydrogens is 254 g/mol. The summed E-state index contributed by atoms with van der Waals surface area (Å²) < 4.78 is 0. The normalized spacial score (nSPS) is 30.7. The van der Waals surface area contributed by atoms with Gasteiger partial charge in [-0.15, -0.1) is 11.3 Å². The zero-order chi connectivity index (χ0) is 12.8. The molecule has 2 atom stereocenters. The molecule has 1 saturated heterocycles. The van der Waals surface area contributed by atoms with Gasteiger partial charge in [0, 0.05) is 29.9 Å². The Morgan fingerprint density at radius 1 is 1.16 bits per heavy atom. The first-order valence-corrected chi connectivity index (χ1v) is 8.65. The first kappa shape index (κ1) is 12.2. The van der Waals surface area contributed by atoms with E-state index in [-0.39, 0.29) is 0 Å². The molecule has 1 aliphatic heterocycles. The van der Waals surface area contributed by atoms with Crippen molar-refractivity contribution in [2.45, 2.75) is 63.5 Å². The van der Waals surface area contributed by atoms with Crippen molar-refractivity contribution >= 4 is 16.5 Å². The Morgan fingerprint density at radius 2 is 2.00 bits per heavy atom. The molecule has 4 rings (SSSR count). The van der Waals surface area contributed by atoms with Gasteiger partial charge in [-0.2, -0.15) is 0 Å². The van der Waals surface area contributed by atoms with Gasteiger partial charge in [-0.3, -0.25) is 0 Å². The van der Waals surface area contributed by atoms with Gasteiger partial charge in [0.25, 0.3) is 0 Å². The lowest BCUT2D eigenvalue weighted by Crippen LogP contribution is -2.42. The van der Waals surface area contributed by atoms with Gasteiger partial charge in [0.1, 0.15) is 0 Å². The highest BCUT2D eigenvalue weighted by Gasteiger charge is 2.37. The smallest absolute Gasteiger partial charge is 0.186 e. The molecule has 104 valence electrons. The first-order chi connectivity index (χ1) is 9.36. The number of piperidine rings is 1. The fourth-order valence-electron chi connectivity index (χ4n) is 3.99. The lowest BCUT2D eigenvalue weighted by Gasteiger charge is -2.37. The highest BCUT2D eigenvalue weighted by Crippen LogP contribution is 2.46. The predicted molar refractivity (Wildman–Crippen MR) is 79.7 cm³/mol. The van der Waals surface area contributed by atoms with Gasteiger partial charge >= 0.3 is 0 Å². The third-order valence-corrected chi connectivity index (χ3v) is 6.24. The molecule has 0 radical (unpaired) electrons. The van der Waals surface area contributed by atoms with Crippen LogP contribution in [0.25, 0.3) is 0 Å². The minimum Gasteiger partial charge on any atom is -0.345 e. The second-order valence-electron chi connectivity index (χ2n) is 6.38. The van der Waals surface area contributed by atoms with Crippen LogP contribution in [0.5, 0.6) is 0 Å². The number of anilines is 1. The van der Waals surface area contributed by atoms with Crippen molar-refractivity contribution in [3.8, 4) is 0 Å². The number of nitrogens with zero attached hydrogens (tertiary/aromatic N) is 2. The largest absolute Gasteiger partial charge is 0.345 e. The minimum atomic E-state index is 0.672. The van der Waals surface area contributed by atoms with Crippen LogP contribution in [0.1, 0.15) is 61.4 Å². The van der Waals surface area contributed by atoms with Gasteiger partial charge in [-0.05, 0) is 44.4 Å². The minimum absolute atomic E-state index is 0.672. The van der Waals surface area contributed by atoms with Crippen LogP contribution < -0.4 is 10.6 Å². The summed E-state index contributed by atoms with van der Waals surface area (Å²) in [6.07, 6.45) is 9.65. The second-order valence-corrected chi connectivity index (χ2v) is 7.44.